The number of carbonyl (C=O) groups excluding carboxylic acids is 1. The van der Waals surface area contributed by atoms with E-state index in [0.29, 0.717) is 5.71 Å². The smallest absolute Gasteiger partial charge is 0.318 e. The van der Waals surface area contributed by atoms with Crippen LogP contribution in [0, 0.1) is 0 Å². The van der Waals surface area contributed by atoms with E-state index in [2.05, 4.69) is 56.9 Å². The number of nitrogens with zero attached hydrogens (tertiary/aromatic N) is 5. The molecule has 178 valence electrons. The van der Waals surface area contributed by atoms with Crippen molar-refractivity contribution in [2.24, 2.45) is 10.1 Å². The Balaban J connectivity index is 1.84. The van der Waals surface area contributed by atoms with Crippen LogP contribution in [0.25, 0.3) is 11.0 Å². The van der Waals surface area contributed by atoms with Gasteiger partial charge in [0.25, 0.3) is 0 Å². The molecule has 7 heteroatoms. The Morgan fingerprint density at radius 1 is 0.914 bits per heavy atom. The second-order valence-corrected chi connectivity index (χ2v) is 8.15. The van der Waals surface area contributed by atoms with E-state index in [-0.39, 0.29) is 0 Å². The molecule has 0 aliphatic carbocycles. The van der Waals surface area contributed by atoms with E-state index in [1.165, 1.54) is 6.92 Å². The molecular formula is C28H29N5O2. The van der Waals surface area contributed by atoms with Gasteiger partial charge >= 0.3 is 5.97 Å². The molecule has 0 atom stereocenters. The van der Waals surface area contributed by atoms with Crippen molar-refractivity contribution in [3.63, 3.8) is 0 Å². The predicted octanol–water partition coefficient (Wildman–Crippen LogP) is 6.25. The molecule has 4 rings (SSSR count). The fraction of sp³-hybridized carbons (Fsp3) is 0.214. The van der Waals surface area contributed by atoms with Gasteiger partial charge in [-0.05, 0) is 68.3 Å². The first-order chi connectivity index (χ1) is 16.9. The van der Waals surface area contributed by atoms with Gasteiger partial charge in [0.05, 0.1) is 16.7 Å². The van der Waals surface area contributed by atoms with Gasteiger partial charge < -0.3 is 9.40 Å². The lowest BCUT2D eigenvalue weighted by Crippen LogP contribution is -2.15. The van der Waals surface area contributed by atoms with E-state index < -0.39 is 5.97 Å². The molecule has 0 N–H and O–H groups in total. The van der Waals surface area contributed by atoms with Crippen LogP contribution < -0.4 is 4.90 Å². The molecule has 0 spiro atoms. The van der Waals surface area contributed by atoms with Crippen molar-refractivity contribution in [2.75, 3.05) is 11.9 Å². The molecule has 35 heavy (non-hydrogen) atoms. The van der Waals surface area contributed by atoms with Crippen LogP contribution in [-0.2, 0) is 16.2 Å². The van der Waals surface area contributed by atoms with Gasteiger partial charge in [0.15, 0.2) is 0 Å². The van der Waals surface area contributed by atoms with Crippen LogP contribution in [0.5, 0.6) is 0 Å². The van der Waals surface area contributed by atoms with Gasteiger partial charge in [-0.2, -0.15) is 0 Å². The predicted molar refractivity (Wildman–Crippen MR) is 142 cm³/mol. The molecule has 0 saturated carbocycles. The molecular weight excluding hydrogens is 438 g/mol. The zero-order valence-corrected chi connectivity index (χ0v) is 20.7. The standard InChI is InChI=1S/C28H29N5O2/c1-6-32-27-18-23(19(2)29-5)14-17-26(27)30-28(32)33(24-10-8-7-9-11-24)25-15-12-22(13-16-25)20(3)31-35-21(4)34/h7-18H,6H2,1-5H3/b29-19?,31-20-. The van der Waals surface area contributed by atoms with E-state index in [0.717, 1.165) is 51.7 Å². The summed E-state index contributed by atoms with van der Waals surface area (Å²) < 4.78 is 2.22. The van der Waals surface area contributed by atoms with Crippen LogP contribution in [-0.4, -0.2) is 34.0 Å². The Hall–Kier alpha value is -4.26. The number of para-hydroxylation sites is 1. The number of aliphatic imine (C=N–C) groups is 1. The SMILES string of the molecule is CCn1c(N(c2ccccc2)c2ccc(/C(C)=N\OC(C)=O)cc2)nc2ccc(C(C)=NC)cc21. The lowest BCUT2D eigenvalue weighted by molar-refractivity contribution is -0.140. The first-order valence-electron chi connectivity index (χ1n) is 11.5. The van der Waals surface area contributed by atoms with Crippen LogP contribution in [0.3, 0.4) is 0 Å². The minimum Gasteiger partial charge on any atom is -0.318 e. The zero-order chi connectivity index (χ0) is 24.9. The minimum atomic E-state index is -0.446. The maximum Gasteiger partial charge on any atom is 0.331 e. The summed E-state index contributed by atoms with van der Waals surface area (Å²) in [7, 11) is 1.81. The molecule has 0 fully saturated rings. The second-order valence-electron chi connectivity index (χ2n) is 8.15. The quantitative estimate of drug-likeness (QED) is 0.183. The van der Waals surface area contributed by atoms with Gasteiger partial charge in [-0.3, -0.25) is 9.89 Å². The molecule has 0 aliphatic rings. The maximum absolute atomic E-state index is 11.1. The molecule has 0 unspecified atom stereocenters. The van der Waals surface area contributed by atoms with Gasteiger partial charge in [-0.15, -0.1) is 0 Å². The van der Waals surface area contributed by atoms with Crippen LogP contribution in [0.1, 0.15) is 38.8 Å². The van der Waals surface area contributed by atoms with Gasteiger partial charge in [-0.1, -0.05) is 41.6 Å². The van der Waals surface area contributed by atoms with Crippen molar-refractivity contribution < 1.29 is 9.63 Å². The Kier molecular flexibility index (Phi) is 7.06. The second kappa shape index (κ2) is 10.3. The zero-order valence-electron chi connectivity index (χ0n) is 20.7. The largest absolute Gasteiger partial charge is 0.331 e. The average Bonchev–Trinajstić information content (AvgIpc) is 3.25. The fourth-order valence-electron chi connectivity index (χ4n) is 3.94. The number of benzene rings is 3. The van der Waals surface area contributed by atoms with Crippen molar-refractivity contribution in [2.45, 2.75) is 34.2 Å². The van der Waals surface area contributed by atoms with E-state index in [9.17, 15) is 4.79 Å². The number of rotatable bonds is 7. The highest BCUT2D eigenvalue weighted by atomic mass is 16.7. The number of imidazole rings is 1. The molecule has 0 radical (unpaired) electrons. The van der Waals surface area contributed by atoms with E-state index in [1.54, 1.807) is 0 Å². The number of aromatic nitrogens is 2. The number of oxime groups is 1. The summed E-state index contributed by atoms with van der Waals surface area (Å²) in [5.74, 6) is 0.383. The van der Waals surface area contributed by atoms with Crippen molar-refractivity contribution >= 4 is 45.7 Å². The molecule has 1 heterocycles. The fourth-order valence-corrected chi connectivity index (χ4v) is 3.94. The van der Waals surface area contributed by atoms with Crippen molar-refractivity contribution in [1.29, 1.82) is 0 Å². The Bertz CT molecular complexity index is 1400. The monoisotopic (exact) mass is 467 g/mol. The number of carbonyl (C=O) groups is 1. The highest BCUT2D eigenvalue weighted by molar-refractivity contribution is 6.01. The number of hydrogen-bond donors (Lipinski definition) is 0. The maximum atomic E-state index is 11.1. The van der Waals surface area contributed by atoms with Gasteiger partial charge in [0.2, 0.25) is 5.95 Å². The third kappa shape index (κ3) is 4.99. The molecule has 7 nitrogen and oxygen atoms in total. The van der Waals surface area contributed by atoms with Gasteiger partial charge in [-0.25, -0.2) is 9.78 Å². The van der Waals surface area contributed by atoms with Crippen molar-refractivity contribution in [1.82, 2.24) is 9.55 Å². The molecule has 4 aromatic rings. The highest BCUT2D eigenvalue weighted by Gasteiger charge is 2.20. The van der Waals surface area contributed by atoms with Crippen LogP contribution in [0.15, 0.2) is 82.9 Å². The number of fused-ring (bicyclic) bond motifs is 1. The summed E-state index contributed by atoms with van der Waals surface area (Å²) in [5, 5.41) is 3.90. The summed E-state index contributed by atoms with van der Waals surface area (Å²) in [5.41, 5.74) is 7.50. The molecule has 0 saturated heterocycles. The first kappa shape index (κ1) is 23.9. The van der Waals surface area contributed by atoms with Crippen LogP contribution in [0.2, 0.25) is 0 Å². The normalized spacial score (nSPS) is 12.1. The number of hydrogen-bond acceptors (Lipinski definition) is 6. The summed E-state index contributed by atoms with van der Waals surface area (Å²) in [6.07, 6.45) is 0. The molecule has 0 amide bonds. The topological polar surface area (TPSA) is 72.1 Å². The lowest BCUT2D eigenvalue weighted by atomic mass is 10.1. The Morgan fingerprint density at radius 2 is 1.57 bits per heavy atom. The highest BCUT2D eigenvalue weighted by Crippen LogP contribution is 2.36. The summed E-state index contributed by atoms with van der Waals surface area (Å²) in [6.45, 7) is 8.03. The number of aryl methyl sites for hydroxylation is 1. The van der Waals surface area contributed by atoms with Crippen molar-refractivity contribution in [3.8, 4) is 0 Å². The Labute approximate surface area is 205 Å². The molecule has 3 aromatic carbocycles. The molecule has 0 bridgehead atoms. The van der Waals surface area contributed by atoms with Crippen LogP contribution >= 0.6 is 0 Å². The minimum absolute atomic E-state index is 0.446. The van der Waals surface area contributed by atoms with E-state index >= 15 is 0 Å². The average molecular weight is 468 g/mol. The molecule has 1 aromatic heterocycles. The summed E-state index contributed by atoms with van der Waals surface area (Å²) in [6, 6.07) is 24.4. The number of anilines is 3. The Morgan fingerprint density at radius 3 is 2.20 bits per heavy atom. The van der Waals surface area contributed by atoms with Gasteiger partial charge in [0.1, 0.15) is 0 Å². The summed E-state index contributed by atoms with van der Waals surface area (Å²) in [4.78, 5) is 27.4. The summed E-state index contributed by atoms with van der Waals surface area (Å²) >= 11 is 0. The third-order valence-corrected chi connectivity index (χ3v) is 5.87. The van der Waals surface area contributed by atoms with Crippen molar-refractivity contribution in [3.05, 3.63) is 83.9 Å². The first-order valence-corrected chi connectivity index (χ1v) is 11.5. The van der Waals surface area contributed by atoms with E-state index in [4.69, 9.17) is 9.82 Å². The van der Waals surface area contributed by atoms with E-state index in [1.807, 2.05) is 63.4 Å². The van der Waals surface area contributed by atoms with Crippen LogP contribution in [0.4, 0.5) is 17.3 Å². The van der Waals surface area contributed by atoms with Gasteiger partial charge in [0, 0.05) is 37.6 Å². The lowest BCUT2D eigenvalue weighted by Gasteiger charge is -2.25. The molecule has 0 aliphatic heterocycles. The third-order valence-electron chi connectivity index (χ3n) is 5.87.